The number of rotatable bonds is 5. The third-order valence-corrected chi connectivity index (χ3v) is 5.36. The smallest absolute Gasteiger partial charge is 0.278 e. The number of ether oxygens (including phenoxy) is 2. The second-order valence-corrected chi connectivity index (χ2v) is 7.97. The van der Waals surface area contributed by atoms with Crippen LogP contribution < -0.4 is 15.0 Å². The first-order valence-corrected chi connectivity index (χ1v) is 10.2. The summed E-state index contributed by atoms with van der Waals surface area (Å²) in [6.45, 7) is 7.73. The minimum Gasteiger partial charge on any atom is -0.454 e. The molecule has 1 aliphatic rings. The molecule has 142 valence electrons. The van der Waals surface area contributed by atoms with Crippen LogP contribution in [0.15, 0.2) is 34.2 Å². The van der Waals surface area contributed by atoms with Gasteiger partial charge in [0.15, 0.2) is 16.7 Å². The lowest BCUT2D eigenvalue weighted by Gasteiger charge is -2.14. The maximum absolute atomic E-state index is 13.3. The number of hydrogen-bond acceptors (Lipinski definition) is 5. The van der Waals surface area contributed by atoms with E-state index in [-0.39, 0.29) is 12.4 Å². The summed E-state index contributed by atoms with van der Waals surface area (Å²) in [7, 11) is 0. The van der Waals surface area contributed by atoms with Crippen LogP contribution in [0, 0.1) is 12.8 Å². The van der Waals surface area contributed by atoms with Gasteiger partial charge in [-0.15, -0.1) is 0 Å². The van der Waals surface area contributed by atoms with Crippen LogP contribution in [0.4, 0.5) is 0 Å². The zero-order valence-electron chi connectivity index (χ0n) is 16.0. The molecule has 0 bridgehead atoms. The Morgan fingerprint density at radius 1 is 1.19 bits per heavy atom. The lowest BCUT2D eigenvalue weighted by atomic mass is 10.2. The van der Waals surface area contributed by atoms with E-state index in [4.69, 9.17) is 14.5 Å². The molecule has 0 amide bonds. The van der Waals surface area contributed by atoms with Crippen LogP contribution in [0.25, 0.3) is 11.0 Å². The van der Waals surface area contributed by atoms with E-state index < -0.39 is 0 Å². The highest BCUT2D eigenvalue weighted by Gasteiger charge is 2.18. The van der Waals surface area contributed by atoms with Crippen molar-refractivity contribution in [2.75, 3.05) is 13.0 Å². The summed E-state index contributed by atoms with van der Waals surface area (Å²) < 4.78 is 14.7. The van der Waals surface area contributed by atoms with Crippen molar-refractivity contribution in [3.8, 4) is 11.5 Å². The molecule has 0 aliphatic carbocycles. The van der Waals surface area contributed by atoms with E-state index in [1.165, 1.54) is 11.8 Å². The lowest BCUT2D eigenvalue weighted by Crippen LogP contribution is -2.27. The number of hydrogen-bond donors (Lipinski definition) is 0. The summed E-state index contributed by atoms with van der Waals surface area (Å²) in [6, 6.07) is 7.89. The summed E-state index contributed by atoms with van der Waals surface area (Å²) in [6.07, 6.45) is 1.96. The third kappa shape index (κ3) is 3.20. The highest BCUT2D eigenvalue weighted by atomic mass is 32.2. The summed E-state index contributed by atoms with van der Waals surface area (Å²) in [4.78, 5) is 18.0. The first-order valence-electron chi connectivity index (χ1n) is 9.01. The van der Waals surface area contributed by atoms with E-state index in [9.17, 15) is 4.79 Å². The largest absolute Gasteiger partial charge is 0.454 e. The highest BCUT2D eigenvalue weighted by Crippen LogP contribution is 2.33. The van der Waals surface area contributed by atoms with Gasteiger partial charge >= 0.3 is 0 Å². The van der Waals surface area contributed by atoms with Gasteiger partial charge in [-0.05, 0) is 42.9 Å². The summed E-state index contributed by atoms with van der Waals surface area (Å²) in [5.74, 6) is 1.88. The minimum absolute atomic E-state index is 0.0203. The van der Waals surface area contributed by atoms with E-state index in [2.05, 4.69) is 13.8 Å². The Hall–Kier alpha value is -2.41. The molecule has 3 aromatic rings. The molecule has 0 saturated carbocycles. The van der Waals surface area contributed by atoms with Crippen molar-refractivity contribution < 1.29 is 9.47 Å². The van der Waals surface area contributed by atoms with Gasteiger partial charge in [-0.25, -0.2) is 4.98 Å². The van der Waals surface area contributed by atoms with Crippen LogP contribution in [0.5, 0.6) is 11.5 Å². The molecule has 7 heteroatoms. The molecule has 6 nitrogen and oxygen atoms in total. The molecule has 0 radical (unpaired) electrons. The average molecular weight is 385 g/mol. The van der Waals surface area contributed by atoms with Crippen LogP contribution in [0.3, 0.4) is 0 Å². The second-order valence-electron chi connectivity index (χ2n) is 7.20. The van der Waals surface area contributed by atoms with E-state index >= 15 is 0 Å². The first kappa shape index (κ1) is 18.0. The predicted molar refractivity (Wildman–Crippen MR) is 107 cm³/mol. The Morgan fingerprint density at radius 3 is 2.70 bits per heavy atom. The Balaban J connectivity index is 1.83. The standard InChI is InChI=1S/C20H23N3O3S/c1-12(2)9-23-19(24)18-15(21-20(23)27-4)7-13(3)22(18)10-14-5-6-16-17(8-14)26-11-25-16/h5-8,12H,9-11H2,1-4H3. The first-order chi connectivity index (χ1) is 13.0. The topological polar surface area (TPSA) is 58.3 Å². The summed E-state index contributed by atoms with van der Waals surface area (Å²) in [5.41, 5.74) is 3.50. The van der Waals surface area contributed by atoms with Gasteiger partial charge in [0.05, 0.1) is 5.52 Å². The SMILES string of the molecule is CSc1nc2cc(C)n(Cc3ccc4c(c3)OCO4)c2c(=O)n1CC(C)C. The monoisotopic (exact) mass is 385 g/mol. The highest BCUT2D eigenvalue weighted by molar-refractivity contribution is 7.98. The molecular weight excluding hydrogens is 362 g/mol. The molecule has 1 aromatic carbocycles. The molecule has 3 heterocycles. The van der Waals surface area contributed by atoms with Gasteiger partial charge in [0, 0.05) is 18.8 Å². The van der Waals surface area contributed by atoms with Crippen molar-refractivity contribution in [3.05, 3.63) is 45.9 Å². The van der Waals surface area contributed by atoms with Crippen LogP contribution in [0.1, 0.15) is 25.1 Å². The Kier molecular flexibility index (Phi) is 4.63. The summed E-state index contributed by atoms with van der Waals surface area (Å²) in [5, 5.41) is 0.765. The van der Waals surface area contributed by atoms with Gasteiger partial charge in [0.2, 0.25) is 6.79 Å². The fourth-order valence-electron chi connectivity index (χ4n) is 3.45. The van der Waals surface area contributed by atoms with Gasteiger partial charge < -0.3 is 14.0 Å². The molecule has 1 aliphatic heterocycles. The maximum Gasteiger partial charge on any atom is 0.278 e. The van der Waals surface area contributed by atoms with E-state index in [0.29, 0.717) is 24.5 Å². The third-order valence-electron chi connectivity index (χ3n) is 4.69. The molecule has 0 atom stereocenters. The van der Waals surface area contributed by atoms with Crippen LogP contribution in [-0.2, 0) is 13.1 Å². The molecule has 0 unspecified atom stereocenters. The molecule has 0 fully saturated rings. The molecule has 0 saturated heterocycles. The maximum atomic E-state index is 13.3. The normalized spacial score (nSPS) is 13.1. The molecular formula is C20H23N3O3S. The van der Waals surface area contributed by atoms with Crippen LogP contribution in [0.2, 0.25) is 0 Å². The van der Waals surface area contributed by atoms with Crippen molar-refractivity contribution in [3.63, 3.8) is 0 Å². The Morgan fingerprint density at radius 2 is 1.96 bits per heavy atom. The number of fused-ring (bicyclic) bond motifs is 2. The van der Waals surface area contributed by atoms with Gasteiger partial charge in [0.1, 0.15) is 5.52 Å². The van der Waals surface area contributed by atoms with E-state index in [1.54, 1.807) is 4.57 Å². The van der Waals surface area contributed by atoms with Crippen molar-refractivity contribution in [1.29, 1.82) is 0 Å². The van der Waals surface area contributed by atoms with Crippen molar-refractivity contribution in [2.24, 2.45) is 5.92 Å². The lowest BCUT2D eigenvalue weighted by molar-refractivity contribution is 0.174. The number of benzene rings is 1. The number of thioether (sulfide) groups is 1. The average Bonchev–Trinajstić information content (AvgIpc) is 3.21. The number of nitrogens with zero attached hydrogens (tertiary/aromatic N) is 3. The molecule has 2 aromatic heterocycles. The molecule has 0 spiro atoms. The molecule has 0 N–H and O–H groups in total. The van der Waals surface area contributed by atoms with Gasteiger partial charge in [0.25, 0.3) is 5.56 Å². The zero-order chi connectivity index (χ0) is 19.1. The number of aromatic nitrogens is 3. The molecule has 27 heavy (non-hydrogen) atoms. The zero-order valence-corrected chi connectivity index (χ0v) is 16.8. The van der Waals surface area contributed by atoms with Gasteiger partial charge in [-0.3, -0.25) is 9.36 Å². The van der Waals surface area contributed by atoms with Crippen molar-refractivity contribution >= 4 is 22.8 Å². The van der Waals surface area contributed by atoms with E-state index in [1.807, 2.05) is 42.0 Å². The fourth-order valence-corrected chi connectivity index (χ4v) is 4.02. The van der Waals surface area contributed by atoms with Crippen molar-refractivity contribution in [2.45, 2.75) is 39.0 Å². The summed E-state index contributed by atoms with van der Waals surface area (Å²) >= 11 is 1.51. The molecule has 4 rings (SSSR count). The van der Waals surface area contributed by atoms with E-state index in [0.717, 1.165) is 33.4 Å². The quantitative estimate of drug-likeness (QED) is 0.495. The Bertz CT molecular complexity index is 1070. The van der Waals surface area contributed by atoms with Gasteiger partial charge in [-0.2, -0.15) is 0 Å². The van der Waals surface area contributed by atoms with Crippen molar-refractivity contribution in [1.82, 2.24) is 14.1 Å². The second kappa shape index (κ2) is 6.96. The van der Waals surface area contributed by atoms with Crippen LogP contribution in [-0.4, -0.2) is 27.2 Å². The Labute approximate surface area is 162 Å². The van der Waals surface area contributed by atoms with Crippen LogP contribution >= 0.6 is 11.8 Å². The minimum atomic E-state index is 0.0203. The fraction of sp³-hybridized carbons (Fsp3) is 0.400. The predicted octanol–water partition coefficient (Wildman–Crippen LogP) is 3.66. The number of aryl methyl sites for hydroxylation is 1. The van der Waals surface area contributed by atoms with Gasteiger partial charge in [-0.1, -0.05) is 31.7 Å².